The van der Waals surface area contributed by atoms with Crippen LogP contribution in [0, 0.1) is 5.82 Å². The van der Waals surface area contributed by atoms with Crippen LogP contribution >= 0.6 is 35.7 Å². The Morgan fingerprint density at radius 2 is 1.81 bits per heavy atom. The van der Waals surface area contributed by atoms with Crippen LogP contribution in [-0.2, 0) is 6.54 Å². The molecule has 8 heteroatoms. The molecule has 0 aliphatic rings. The zero-order chi connectivity index (χ0) is 18.1. The third-order valence-electron chi connectivity index (χ3n) is 3.37. The number of nitrogens with two attached hydrogens (primary N) is 1. The highest BCUT2D eigenvalue weighted by molar-refractivity contribution is 14.0. The Hall–Kier alpha value is -1.68. The summed E-state index contributed by atoms with van der Waals surface area (Å²) in [5, 5.41) is 3.06. The van der Waals surface area contributed by atoms with Crippen molar-refractivity contribution in [3.8, 4) is 11.5 Å². The number of nitrogens with zero attached hydrogens (tertiary/aromatic N) is 1. The molecule has 0 saturated carbocycles. The van der Waals surface area contributed by atoms with Crippen LogP contribution in [0.25, 0.3) is 0 Å². The van der Waals surface area contributed by atoms with Crippen molar-refractivity contribution in [1.29, 1.82) is 0 Å². The van der Waals surface area contributed by atoms with Gasteiger partial charge in [0, 0.05) is 17.2 Å². The fraction of sp³-hybridized carbons (Fsp3) is 0.278. The number of hydrogen-bond donors (Lipinski definition) is 2. The molecule has 0 spiro atoms. The quantitative estimate of drug-likeness (QED) is 0.194. The van der Waals surface area contributed by atoms with E-state index in [2.05, 4.69) is 10.3 Å². The van der Waals surface area contributed by atoms with Crippen molar-refractivity contribution in [3.63, 3.8) is 0 Å². The number of hydrogen-bond acceptors (Lipinski definition) is 4. The topological polar surface area (TPSA) is 68.9 Å². The SMILES string of the molecule is COc1ccc(CN=C(N)NCCSc2ccc(F)cc2)cc1OC.I. The molecule has 0 unspecified atom stereocenters. The van der Waals surface area contributed by atoms with Gasteiger partial charge in [0.05, 0.1) is 20.8 Å². The predicted molar refractivity (Wildman–Crippen MR) is 115 cm³/mol. The summed E-state index contributed by atoms with van der Waals surface area (Å²) in [5.74, 6) is 2.30. The Morgan fingerprint density at radius 3 is 2.46 bits per heavy atom. The molecule has 0 aliphatic heterocycles. The molecule has 0 fully saturated rings. The summed E-state index contributed by atoms with van der Waals surface area (Å²) in [6.07, 6.45) is 0. The Labute approximate surface area is 174 Å². The van der Waals surface area contributed by atoms with Gasteiger partial charge in [0.25, 0.3) is 0 Å². The second kappa shape index (κ2) is 11.8. The van der Waals surface area contributed by atoms with Gasteiger partial charge in [-0.1, -0.05) is 6.07 Å². The molecule has 0 heterocycles. The first-order chi connectivity index (χ1) is 12.1. The summed E-state index contributed by atoms with van der Waals surface area (Å²) >= 11 is 1.62. The number of nitrogens with one attached hydrogen (secondary N) is 1. The molecule has 2 aromatic rings. The monoisotopic (exact) mass is 491 g/mol. The van der Waals surface area contributed by atoms with Crippen molar-refractivity contribution in [2.24, 2.45) is 10.7 Å². The Kier molecular flexibility index (Phi) is 10.2. The van der Waals surface area contributed by atoms with E-state index in [-0.39, 0.29) is 29.8 Å². The lowest BCUT2D eigenvalue weighted by atomic mass is 10.2. The number of methoxy groups -OCH3 is 2. The molecule has 0 aliphatic carbocycles. The standard InChI is InChI=1S/C18H22FN3O2S.HI/c1-23-16-8-3-13(11-17(16)24-2)12-22-18(20)21-9-10-25-15-6-4-14(19)5-7-15;/h3-8,11H,9-10,12H2,1-2H3,(H3,20,21,22);1H. The van der Waals surface area contributed by atoms with Crippen LogP contribution in [0.4, 0.5) is 4.39 Å². The third-order valence-corrected chi connectivity index (χ3v) is 4.38. The summed E-state index contributed by atoms with van der Waals surface area (Å²) in [6, 6.07) is 12.1. The molecule has 0 amide bonds. The van der Waals surface area contributed by atoms with Gasteiger partial charge >= 0.3 is 0 Å². The lowest BCUT2D eigenvalue weighted by Gasteiger charge is -2.09. The molecule has 0 aromatic heterocycles. The van der Waals surface area contributed by atoms with Crippen LogP contribution in [0.5, 0.6) is 11.5 Å². The molecule has 0 bridgehead atoms. The zero-order valence-corrected chi connectivity index (χ0v) is 17.8. The second-order valence-corrected chi connectivity index (χ2v) is 6.29. The minimum absolute atomic E-state index is 0. The molecule has 0 radical (unpaired) electrons. The molecular weight excluding hydrogens is 468 g/mol. The molecule has 0 saturated heterocycles. The molecular formula is C18H23FIN3O2S. The molecule has 2 rings (SSSR count). The van der Waals surface area contributed by atoms with Crippen LogP contribution in [0.2, 0.25) is 0 Å². The number of rotatable bonds is 8. The number of halogens is 2. The van der Waals surface area contributed by atoms with Gasteiger partial charge in [-0.3, -0.25) is 0 Å². The van der Waals surface area contributed by atoms with E-state index in [1.807, 2.05) is 18.2 Å². The van der Waals surface area contributed by atoms with Gasteiger partial charge in [-0.05, 0) is 42.0 Å². The van der Waals surface area contributed by atoms with E-state index in [1.165, 1.54) is 12.1 Å². The summed E-state index contributed by atoms with van der Waals surface area (Å²) in [4.78, 5) is 5.33. The van der Waals surface area contributed by atoms with Crippen molar-refractivity contribution in [2.75, 3.05) is 26.5 Å². The lowest BCUT2D eigenvalue weighted by molar-refractivity contribution is 0.354. The highest BCUT2D eigenvalue weighted by Gasteiger charge is 2.04. The van der Waals surface area contributed by atoms with Crippen LogP contribution in [-0.4, -0.2) is 32.5 Å². The maximum Gasteiger partial charge on any atom is 0.188 e. The first-order valence-electron chi connectivity index (χ1n) is 7.75. The minimum atomic E-state index is -0.228. The molecule has 2 aromatic carbocycles. The van der Waals surface area contributed by atoms with Crippen LogP contribution < -0.4 is 20.5 Å². The third kappa shape index (κ3) is 7.28. The highest BCUT2D eigenvalue weighted by Crippen LogP contribution is 2.27. The number of aliphatic imine (C=N–C) groups is 1. The van der Waals surface area contributed by atoms with E-state index < -0.39 is 0 Å². The summed E-state index contributed by atoms with van der Waals surface area (Å²) in [6.45, 7) is 1.12. The van der Waals surface area contributed by atoms with Crippen molar-refractivity contribution in [1.82, 2.24) is 5.32 Å². The largest absolute Gasteiger partial charge is 0.493 e. The summed E-state index contributed by atoms with van der Waals surface area (Å²) < 4.78 is 23.3. The lowest BCUT2D eigenvalue weighted by Crippen LogP contribution is -2.33. The Morgan fingerprint density at radius 1 is 1.12 bits per heavy atom. The van der Waals surface area contributed by atoms with E-state index >= 15 is 0 Å². The fourth-order valence-corrected chi connectivity index (χ4v) is 2.86. The maximum absolute atomic E-state index is 12.8. The van der Waals surface area contributed by atoms with Crippen molar-refractivity contribution < 1.29 is 13.9 Å². The molecule has 0 atom stereocenters. The number of ether oxygens (including phenoxy) is 2. The van der Waals surface area contributed by atoms with Crippen molar-refractivity contribution in [2.45, 2.75) is 11.4 Å². The molecule has 3 N–H and O–H groups in total. The van der Waals surface area contributed by atoms with Crippen LogP contribution in [0.3, 0.4) is 0 Å². The fourth-order valence-electron chi connectivity index (χ4n) is 2.09. The maximum atomic E-state index is 12.8. The Balaban J connectivity index is 0.00000338. The van der Waals surface area contributed by atoms with Gasteiger partial charge in [-0.15, -0.1) is 35.7 Å². The van der Waals surface area contributed by atoms with E-state index in [1.54, 1.807) is 38.1 Å². The van der Waals surface area contributed by atoms with E-state index in [0.29, 0.717) is 30.5 Å². The van der Waals surface area contributed by atoms with Crippen LogP contribution in [0.15, 0.2) is 52.4 Å². The number of thioether (sulfide) groups is 1. The minimum Gasteiger partial charge on any atom is -0.493 e. The van der Waals surface area contributed by atoms with E-state index in [9.17, 15) is 4.39 Å². The van der Waals surface area contributed by atoms with Crippen molar-refractivity contribution >= 4 is 41.7 Å². The predicted octanol–water partition coefficient (Wildman–Crippen LogP) is 3.66. The average Bonchev–Trinajstić information content (AvgIpc) is 2.64. The average molecular weight is 491 g/mol. The van der Waals surface area contributed by atoms with Crippen LogP contribution in [0.1, 0.15) is 5.56 Å². The van der Waals surface area contributed by atoms with Gasteiger partial charge in [0.1, 0.15) is 5.82 Å². The number of guanidine groups is 1. The smallest absolute Gasteiger partial charge is 0.188 e. The van der Waals surface area contributed by atoms with Crippen molar-refractivity contribution in [3.05, 3.63) is 53.8 Å². The van der Waals surface area contributed by atoms with E-state index in [4.69, 9.17) is 15.2 Å². The van der Waals surface area contributed by atoms with Gasteiger partial charge in [0.2, 0.25) is 0 Å². The first-order valence-corrected chi connectivity index (χ1v) is 8.74. The second-order valence-electron chi connectivity index (χ2n) is 5.12. The van der Waals surface area contributed by atoms with E-state index in [0.717, 1.165) is 16.2 Å². The number of benzene rings is 2. The Bertz CT molecular complexity index is 714. The summed E-state index contributed by atoms with van der Waals surface area (Å²) in [5.41, 5.74) is 6.85. The first kappa shape index (κ1) is 22.4. The molecule has 5 nitrogen and oxygen atoms in total. The molecule has 142 valence electrons. The normalized spacial score (nSPS) is 10.8. The molecule has 26 heavy (non-hydrogen) atoms. The summed E-state index contributed by atoms with van der Waals surface area (Å²) in [7, 11) is 3.20. The zero-order valence-electron chi connectivity index (χ0n) is 14.7. The van der Waals surface area contributed by atoms with Gasteiger partial charge in [-0.2, -0.15) is 0 Å². The van der Waals surface area contributed by atoms with Gasteiger partial charge in [-0.25, -0.2) is 9.38 Å². The van der Waals surface area contributed by atoms with Gasteiger partial charge < -0.3 is 20.5 Å². The van der Waals surface area contributed by atoms with Gasteiger partial charge in [0.15, 0.2) is 17.5 Å². The highest BCUT2D eigenvalue weighted by atomic mass is 127.